The maximum Gasteiger partial charge on any atom is 0.243 e. The van der Waals surface area contributed by atoms with Gasteiger partial charge in [0.15, 0.2) is 5.16 Å². The molecule has 1 heterocycles. The number of carbonyl (C=O) groups is 1. The molecule has 0 aliphatic heterocycles. The number of nitrogens with one attached hydrogen (secondary N) is 1. The Morgan fingerprint density at radius 2 is 1.75 bits per heavy atom. The zero-order valence-corrected chi connectivity index (χ0v) is 20.2. The SMILES string of the molecule is CCN(CC)S(=O)(=O)c1cccc(NC(=O)CSc2nnc(C)n2-c2ccc(C)cc2)c1. The maximum absolute atomic E-state index is 12.7. The lowest BCUT2D eigenvalue weighted by Crippen LogP contribution is -2.30. The molecule has 1 amide bonds. The number of hydrogen-bond acceptors (Lipinski definition) is 6. The first-order valence-corrected chi connectivity index (χ1v) is 12.7. The lowest BCUT2D eigenvalue weighted by Gasteiger charge is -2.18. The molecule has 0 aliphatic carbocycles. The van der Waals surface area contributed by atoms with Gasteiger partial charge in [-0.1, -0.05) is 49.4 Å². The van der Waals surface area contributed by atoms with Crippen molar-refractivity contribution in [2.75, 3.05) is 24.2 Å². The molecular formula is C22H27N5O3S2. The zero-order valence-electron chi connectivity index (χ0n) is 18.6. The number of sulfonamides is 1. The molecule has 2 aromatic carbocycles. The number of thioether (sulfide) groups is 1. The van der Waals surface area contributed by atoms with E-state index in [1.807, 2.05) is 42.7 Å². The van der Waals surface area contributed by atoms with Crippen molar-refractivity contribution in [1.29, 1.82) is 0 Å². The highest BCUT2D eigenvalue weighted by molar-refractivity contribution is 7.99. The molecule has 10 heteroatoms. The van der Waals surface area contributed by atoms with E-state index in [1.54, 1.807) is 26.0 Å². The van der Waals surface area contributed by atoms with Gasteiger partial charge in [-0.15, -0.1) is 10.2 Å². The van der Waals surface area contributed by atoms with Crippen LogP contribution in [0.2, 0.25) is 0 Å². The highest BCUT2D eigenvalue weighted by atomic mass is 32.2. The summed E-state index contributed by atoms with van der Waals surface area (Å²) < 4.78 is 28.7. The summed E-state index contributed by atoms with van der Waals surface area (Å²) in [4.78, 5) is 12.7. The highest BCUT2D eigenvalue weighted by Crippen LogP contribution is 2.23. The second-order valence-electron chi connectivity index (χ2n) is 7.15. The number of aryl methyl sites for hydroxylation is 2. The van der Waals surface area contributed by atoms with Crippen LogP contribution in [-0.2, 0) is 14.8 Å². The number of amides is 1. The molecule has 0 radical (unpaired) electrons. The third kappa shape index (κ3) is 5.37. The van der Waals surface area contributed by atoms with Crippen LogP contribution in [0, 0.1) is 13.8 Å². The van der Waals surface area contributed by atoms with Crippen LogP contribution >= 0.6 is 11.8 Å². The Morgan fingerprint density at radius 1 is 1.06 bits per heavy atom. The van der Waals surface area contributed by atoms with Crippen molar-refractivity contribution in [1.82, 2.24) is 19.1 Å². The monoisotopic (exact) mass is 473 g/mol. The first-order valence-electron chi connectivity index (χ1n) is 10.3. The molecule has 3 aromatic rings. The van der Waals surface area contributed by atoms with Gasteiger partial charge < -0.3 is 5.32 Å². The molecule has 0 unspecified atom stereocenters. The fourth-order valence-corrected chi connectivity index (χ4v) is 5.50. The van der Waals surface area contributed by atoms with E-state index >= 15 is 0 Å². The highest BCUT2D eigenvalue weighted by Gasteiger charge is 2.22. The predicted octanol–water partition coefficient (Wildman–Crippen LogP) is 3.65. The van der Waals surface area contributed by atoms with Crippen molar-refractivity contribution in [2.24, 2.45) is 0 Å². The molecule has 0 bridgehead atoms. The van der Waals surface area contributed by atoms with Crippen LogP contribution in [0.25, 0.3) is 5.69 Å². The van der Waals surface area contributed by atoms with Crippen molar-refractivity contribution >= 4 is 33.4 Å². The van der Waals surface area contributed by atoms with Crippen molar-refractivity contribution in [3.8, 4) is 5.69 Å². The quantitative estimate of drug-likeness (QED) is 0.477. The molecule has 0 aliphatic rings. The molecule has 1 N–H and O–H groups in total. The van der Waals surface area contributed by atoms with E-state index in [1.165, 1.54) is 28.2 Å². The summed E-state index contributed by atoms with van der Waals surface area (Å²) in [6.07, 6.45) is 0. The first-order chi connectivity index (χ1) is 15.3. The Balaban J connectivity index is 1.70. The summed E-state index contributed by atoms with van der Waals surface area (Å²) in [7, 11) is -3.60. The van der Waals surface area contributed by atoms with Gasteiger partial charge in [0.2, 0.25) is 15.9 Å². The van der Waals surface area contributed by atoms with Gasteiger partial charge in [-0.25, -0.2) is 8.42 Å². The normalized spacial score (nSPS) is 11.7. The molecule has 0 spiro atoms. The smallest absolute Gasteiger partial charge is 0.243 e. The lowest BCUT2D eigenvalue weighted by atomic mass is 10.2. The summed E-state index contributed by atoms with van der Waals surface area (Å²) >= 11 is 1.27. The standard InChI is InChI=1S/C22H27N5O3S2/c1-5-26(6-2)32(29,30)20-9-7-8-18(14-20)23-21(28)15-31-22-25-24-17(4)27(22)19-12-10-16(3)11-13-19/h7-14H,5-6,15H2,1-4H3,(H,23,28). The molecule has 32 heavy (non-hydrogen) atoms. The second kappa shape index (κ2) is 10.3. The van der Waals surface area contributed by atoms with Crippen molar-refractivity contribution in [2.45, 2.75) is 37.7 Å². The second-order valence-corrected chi connectivity index (χ2v) is 10.0. The van der Waals surface area contributed by atoms with Crippen molar-refractivity contribution in [3.63, 3.8) is 0 Å². The van der Waals surface area contributed by atoms with Crippen molar-refractivity contribution in [3.05, 3.63) is 59.9 Å². The van der Waals surface area contributed by atoms with Crippen LogP contribution in [0.4, 0.5) is 5.69 Å². The molecule has 0 fully saturated rings. The van der Waals surface area contributed by atoms with Crippen LogP contribution in [0.5, 0.6) is 0 Å². The van der Waals surface area contributed by atoms with Gasteiger partial charge in [-0.2, -0.15) is 4.31 Å². The number of anilines is 1. The molecule has 8 nitrogen and oxygen atoms in total. The summed E-state index contributed by atoms with van der Waals surface area (Å²) in [6, 6.07) is 14.3. The summed E-state index contributed by atoms with van der Waals surface area (Å²) in [5.41, 5.74) is 2.51. The maximum atomic E-state index is 12.7. The lowest BCUT2D eigenvalue weighted by molar-refractivity contribution is -0.113. The number of aromatic nitrogens is 3. The first kappa shape index (κ1) is 24.0. The van der Waals surface area contributed by atoms with Crippen LogP contribution in [0.1, 0.15) is 25.2 Å². The van der Waals surface area contributed by atoms with Gasteiger partial charge in [0, 0.05) is 24.5 Å². The minimum atomic E-state index is -3.60. The van der Waals surface area contributed by atoms with Gasteiger partial charge in [0.05, 0.1) is 10.6 Å². The zero-order chi connectivity index (χ0) is 23.3. The van der Waals surface area contributed by atoms with Crippen molar-refractivity contribution < 1.29 is 13.2 Å². The largest absolute Gasteiger partial charge is 0.325 e. The predicted molar refractivity (Wildman–Crippen MR) is 127 cm³/mol. The van der Waals surface area contributed by atoms with Crippen LogP contribution in [-0.4, -0.2) is 52.2 Å². The van der Waals surface area contributed by atoms with Gasteiger partial charge in [-0.3, -0.25) is 9.36 Å². The molecule has 0 atom stereocenters. The third-order valence-corrected chi connectivity index (χ3v) is 7.86. The van der Waals surface area contributed by atoms with E-state index in [4.69, 9.17) is 0 Å². The van der Waals surface area contributed by atoms with Gasteiger partial charge in [-0.05, 0) is 44.2 Å². The van der Waals surface area contributed by atoms with Crippen LogP contribution < -0.4 is 5.32 Å². The molecular weight excluding hydrogens is 446 g/mol. The topological polar surface area (TPSA) is 97.2 Å². The Hall–Kier alpha value is -2.69. The molecule has 0 saturated carbocycles. The molecule has 3 rings (SSSR count). The number of nitrogens with zero attached hydrogens (tertiary/aromatic N) is 4. The van der Waals surface area contributed by atoms with Gasteiger partial charge >= 0.3 is 0 Å². The fraction of sp³-hybridized carbons (Fsp3) is 0.318. The minimum Gasteiger partial charge on any atom is -0.325 e. The van der Waals surface area contributed by atoms with E-state index in [2.05, 4.69) is 15.5 Å². The number of carbonyl (C=O) groups excluding carboxylic acids is 1. The minimum absolute atomic E-state index is 0.108. The van der Waals surface area contributed by atoms with Crippen LogP contribution in [0.15, 0.2) is 58.6 Å². The Morgan fingerprint density at radius 3 is 2.41 bits per heavy atom. The average Bonchev–Trinajstić information content (AvgIpc) is 3.14. The van der Waals surface area contributed by atoms with E-state index in [9.17, 15) is 13.2 Å². The number of benzene rings is 2. The Labute approximate surface area is 193 Å². The third-order valence-electron chi connectivity index (χ3n) is 4.88. The number of rotatable bonds is 9. The van der Waals surface area contributed by atoms with E-state index in [-0.39, 0.29) is 16.6 Å². The average molecular weight is 474 g/mol. The number of hydrogen-bond donors (Lipinski definition) is 1. The van der Waals surface area contributed by atoms with E-state index < -0.39 is 10.0 Å². The fourth-order valence-electron chi connectivity index (χ4n) is 3.20. The van der Waals surface area contributed by atoms with E-state index in [0.717, 1.165) is 17.1 Å². The summed E-state index contributed by atoms with van der Waals surface area (Å²) in [5.74, 6) is 0.575. The molecule has 1 aromatic heterocycles. The van der Waals surface area contributed by atoms with Gasteiger partial charge in [0.25, 0.3) is 0 Å². The Bertz CT molecular complexity index is 1190. The van der Waals surface area contributed by atoms with E-state index in [0.29, 0.717) is 23.9 Å². The van der Waals surface area contributed by atoms with Gasteiger partial charge in [0.1, 0.15) is 5.82 Å². The summed E-state index contributed by atoms with van der Waals surface area (Å²) in [6.45, 7) is 8.23. The summed E-state index contributed by atoms with van der Waals surface area (Å²) in [5, 5.41) is 11.7. The Kier molecular flexibility index (Phi) is 7.70. The van der Waals surface area contributed by atoms with Crippen LogP contribution in [0.3, 0.4) is 0 Å². The molecule has 170 valence electrons. The molecule has 0 saturated heterocycles.